The standard InChI is InChI=1S/C15H19N3O3/c1-9(2)12(16-14(19)10-5-3-6-10)15-17-13(18-21-15)11-7-4-8-20-11/h4,7-10,12H,3,5-6H2,1-2H3,(H,16,19). The zero-order valence-electron chi connectivity index (χ0n) is 12.2. The van der Waals surface area contributed by atoms with Crippen LogP contribution in [0.15, 0.2) is 27.3 Å². The Balaban J connectivity index is 1.76. The molecule has 0 radical (unpaired) electrons. The van der Waals surface area contributed by atoms with Crippen LogP contribution in [0.25, 0.3) is 11.6 Å². The Hall–Kier alpha value is -2.11. The van der Waals surface area contributed by atoms with Crippen LogP contribution in [-0.2, 0) is 4.79 Å². The van der Waals surface area contributed by atoms with E-state index in [1.807, 2.05) is 13.8 Å². The van der Waals surface area contributed by atoms with Gasteiger partial charge in [0.05, 0.1) is 6.26 Å². The third-order valence-corrected chi connectivity index (χ3v) is 3.89. The van der Waals surface area contributed by atoms with Crippen molar-refractivity contribution in [3.63, 3.8) is 0 Å². The van der Waals surface area contributed by atoms with E-state index in [9.17, 15) is 4.79 Å². The van der Waals surface area contributed by atoms with E-state index in [0.717, 1.165) is 19.3 Å². The van der Waals surface area contributed by atoms with Crippen molar-refractivity contribution in [1.82, 2.24) is 15.5 Å². The molecule has 1 N–H and O–H groups in total. The molecule has 1 aliphatic rings. The van der Waals surface area contributed by atoms with E-state index in [1.54, 1.807) is 18.4 Å². The van der Waals surface area contributed by atoms with Crippen molar-refractivity contribution in [1.29, 1.82) is 0 Å². The number of rotatable bonds is 5. The zero-order valence-corrected chi connectivity index (χ0v) is 12.2. The maximum absolute atomic E-state index is 12.1. The summed E-state index contributed by atoms with van der Waals surface area (Å²) >= 11 is 0. The average molecular weight is 289 g/mol. The first kappa shape index (κ1) is 13.9. The highest BCUT2D eigenvalue weighted by molar-refractivity contribution is 5.79. The van der Waals surface area contributed by atoms with Gasteiger partial charge in [0.15, 0.2) is 5.76 Å². The van der Waals surface area contributed by atoms with Gasteiger partial charge in [-0.15, -0.1) is 0 Å². The van der Waals surface area contributed by atoms with E-state index in [-0.39, 0.29) is 23.8 Å². The second-order valence-corrected chi connectivity index (χ2v) is 5.79. The summed E-state index contributed by atoms with van der Waals surface area (Å²) in [7, 11) is 0. The molecule has 1 unspecified atom stereocenters. The van der Waals surface area contributed by atoms with Gasteiger partial charge < -0.3 is 14.3 Å². The predicted molar refractivity (Wildman–Crippen MR) is 75.1 cm³/mol. The molecule has 0 bridgehead atoms. The summed E-state index contributed by atoms with van der Waals surface area (Å²) in [6.07, 6.45) is 4.63. The van der Waals surface area contributed by atoms with Crippen molar-refractivity contribution >= 4 is 5.91 Å². The van der Waals surface area contributed by atoms with Gasteiger partial charge in [-0.25, -0.2) is 0 Å². The van der Waals surface area contributed by atoms with Gasteiger partial charge >= 0.3 is 0 Å². The number of nitrogens with zero attached hydrogens (tertiary/aromatic N) is 2. The van der Waals surface area contributed by atoms with Crippen molar-refractivity contribution in [2.45, 2.75) is 39.2 Å². The highest BCUT2D eigenvalue weighted by atomic mass is 16.5. The number of amides is 1. The van der Waals surface area contributed by atoms with Crippen LogP contribution in [0.4, 0.5) is 0 Å². The van der Waals surface area contributed by atoms with Gasteiger partial charge in [0.1, 0.15) is 6.04 Å². The lowest BCUT2D eigenvalue weighted by molar-refractivity contribution is -0.128. The van der Waals surface area contributed by atoms with Crippen LogP contribution in [0.3, 0.4) is 0 Å². The van der Waals surface area contributed by atoms with Gasteiger partial charge in [-0.1, -0.05) is 25.4 Å². The molecule has 0 spiro atoms. The van der Waals surface area contributed by atoms with Crippen LogP contribution >= 0.6 is 0 Å². The maximum atomic E-state index is 12.1. The zero-order chi connectivity index (χ0) is 14.8. The monoisotopic (exact) mass is 289 g/mol. The molecule has 6 heteroatoms. The number of carbonyl (C=O) groups excluding carboxylic acids is 1. The Labute approximate surface area is 122 Å². The molecule has 1 amide bonds. The minimum atomic E-state index is -0.269. The molecule has 2 aromatic heterocycles. The highest BCUT2D eigenvalue weighted by Gasteiger charge is 2.31. The number of carbonyl (C=O) groups is 1. The Kier molecular flexibility index (Phi) is 3.77. The van der Waals surface area contributed by atoms with Crippen molar-refractivity contribution in [3.05, 3.63) is 24.3 Å². The summed E-state index contributed by atoms with van der Waals surface area (Å²) < 4.78 is 10.6. The minimum Gasteiger partial charge on any atom is -0.461 e. The fraction of sp³-hybridized carbons (Fsp3) is 0.533. The molecular weight excluding hydrogens is 270 g/mol. The van der Waals surface area contributed by atoms with Crippen molar-refractivity contribution in [2.24, 2.45) is 11.8 Å². The summed E-state index contributed by atoms with van der Waals surface area (Å²) in [5, 5.41) is 6.94. The Bertz CT molecular complexity index is 599. The molecule has 1 fully saturated rings. The number of hydrogen-bond acceptors (Lipinski definition) is 5. The smallest absolute Gasteiger partial charge is 0.249 e. The summed E-state index contributed by atoms with van der Waals surface area (Å²) in [6, 6.07) is 3.27. The second kappa shape index (κ2) is 5.71. The van der Waals surface area contributed by atoms with Gasteiger partial charge in [0.25, 0.3) is 0 Å². The first-order valence-electron chi connectivity index (χ1n) is 7.33. The fourth-order valence-corrected chi connectivity index (χ4v) is 2.32. The third kappa shape index (κ3) is 2.84. The lowest BCUT2D eigenvalue weighted by Gasteiger charge is -2.27. The van der Waals surface area contributed by atoms with Crippen LogP contribution in [0.2, 0.25) is 0 Å². The Morgan fingerprint density at radius 3 is 2.81 bits per heavy atom. The van der Waals surface area contributed by atoms with Gasteiger partial charge in [0, 0.05) is 5.92 Å². The van der Waals surface area contributed by atoms with Gasteiger partial charge in [-0.3, -0.25) is 4.79 Å². The highest BCUT2D eigenvalue weighted by Crippen LogP contribution is 2.29. The van der Waals surface area contributed by atoms with Crippen LogP contribution in [0.5, 0.6) is 0 Å². The third-order valence-electron chi connectivity index (χ3n) is 3.89. The van der Waals surface area contributed by atoms with Gasteiger partial charge in [-0.2, -0.15) is 4.98 Å². The van der Waals surface area contributed by atoms with E-state index in [4.69, 9.17) is 8.94 Å². The summed E-state index contributed by atoms with van der Waals surface area (Å²) in [5.74, 6) is 1.76. The summed E-state index contributed by atoms with van der Waals surface area (Å²) in [5.41, 5.74) is 0. The largest absolute Gasteiger partial charge is 0.461 e. The van der Waals surface area contributed by atoms with Crippen molar-refractivity contribution < 1.29 is 13.7 Å². The quantitative estimate of drug-likeness (QED) is 0.915. The van der Waals surface area contributed by atoms with E-state index >= 15 is 0 Å². The van der Waals surface area contributed by atoms with Crippen LogP contribution in [0.1, 0.15) is 45.0 Å². The first-order valence-corrected chi connectivity index (χ1v) is 7.33. The van der Waals surface area contributed by atoms with Crippen molar-refractivity contribution in [3.8, 4) is 11.6 Å². The predicted octanol–water partition coefficient (Wildman–Crippen LogP) is 2.94. The average Bonchev–Trinajstić information content (AvgIpc) is 3.03. The molecule has 1 atom stereocenters. The van der Waals surface area contributed by atoms with Crippen LogP contribution in [0, 0.1) is 11.8 Å². The molecule has 0 aromatic carbocycles. The normalized spacial score (nSPS) is 16.7. The Morgan fingerprint density at radius 2 is 2.24 bits per heavy atom. The van der Waals surface area contributed by atoms with E-state index in [2.05, 4.69) is 15.5 Å². The van der Waals surface area contributed by atoms with Crippen LogP contribution in [-0.4, -0.2) is 16.0 Å². The van der Waals surface area contributed by atoms with Gasteiger partial charge in [-0.05, 0) is 30.9 Å². The van der Waals surface area contributed by atoms with E-state index in [1.165, 1.54) is 0 Å². The SMILES string of the molecule is CC(C)C(NC(=O)C1CCC1)c1nc(-c2ccco2)no1. The molecule has 2 heterocycles. The van der Waals surface area contributed by atoms with E-state index in [0.29, 0.717) is 17.5 Å². The lowest BCUT2D eigenvalue weighted by atomic mass is 9.84. The minimum absolute atomic E-state index is 0.0812. The number of nitrogens with one attached hydrogen (secondary N) is 1. The van der Waals surface area contributed by atoms with Crippen LogP contribution < -0.4 is 5.32 Å². The molecule has 112 valence electrons. The van der Waals surface area contributed by atoms with Gasteiger partial charge in [0.2, 0.25) is 17.6 Å². The second-order valence-electron chi connectivity index (χ2n) is 5.79. The first-order chi connectivity index (χ1) is 10.1. The topological polar surface area (TPSA) is 81.2 Å². The van der Waals surface area contributed by atoms with Crippen molar-refractivity contribution in [2.75, 3.05) is 0 Å². The molecule has 3 rings (SSSR count). The number of aromatic nitrogens is 2. The molecular formula is C15H19N3O3. The molecule has 0 saturated heterocycles. The summed E-state index contributed by atoms with van der Waals surface area (Å²) in [6.45, 7) is 4.03. The fourth-order valence-electron chi connectivity index (χ4n) is 2.32. The lowest BCUT2D eigenvalue weighted by Crippen LogP contribution is -2.38. The molecule has 1 aliphatic carbocycles. The molecule has 21 heavy (non-hydrogen) atoms. The molecule has 2 aromatic rings. The molecule has 0 aliphatic heterocycles. The molecule has 6 nitrogen and oxygen atoms in total. The maximum Gasteiger partial charge on any atom is 0.249 e. The summed E-state index contributed by atoms with van der Waals surface area (Å²) in [4.78, 5) is 16.5. The number of hydrogen-bond donors (Lipinski definition) is 1. The van der Waals surface area contributed by atoms with E-state index < -0.39 is 0 Å². The number of furan rings is 1. The Morgan fingerprint density at radius 1 is 1.43 bits per heavy atom. The molecule has 1 saturated carbocycles.